The summed E-state index contributed by atoms with van der Waals surface area (Å²) in [6.45, 7) is 2.03. The third-order valence-electron chi connectivity index (χ3n) is 4.20. The molecule has 0 aliphatic carbocycles. The highest BCUT2D eigenvalue weighted by Gasteiger charge is 2.13. The van der Waals surface area contributed by atoms with E-state index >= 15 is 0 Å². The van der Waals surface area contributed by atoms with Crippen LogP contribution in [0.3, 0.4) is 0 Å². The quantitative estimate of drug-likeness (QED) is 0.636. The van der Waals surface area contributed by atoms with E-state index in [2.05, 4.69) is 5.32 Å². The number of sulfonamides is 1. The highest BCUT2D eigenvalue weighted by atomic mass is 32.2. The average molecular weight is 380 g/mol. The number of Topliss-reactive ketones (excluding diaryl/α,β-unsaturated/α-hetero) is 1. The zero-order chi connectivity index (χ0) is 19.4. The van der Waals surface area contributed by atoms with Gasteiger partial charge >= 0.3 is 0 Å². The van der Waals surface area contributed by atoms with Crippen molar-refractivity contribution in [3.63, 3.8) is 0 Å². The summed E-state index contributed by atoms with van der Waals surface area (Å²) in [5.74, 6) is -0.103. The predicted molar refractivity (Wildman–Crippen MR) is 107 cm³/mol. The highest BCUT2D eigenvalue weighted by molar-refractivity contribution is 7.89. The number of ketones is 1. The second-order valence-electron chi connectivity index (χ2n) is 6.32. The van der Waals surface area contributed by atoms with Gasteiger partial charge in [0.1, 0.15) is 0 Å². The number of hydrogen-bond acceptors (Lipinski definition) is 4. The van der Waals surface area contributed by atoms with Crippen LogP contribution in [0.2, 0.25) is 0 Å². The number of nitrogens with one attached hydrogen (secondary N) is 1. The Morgan fingerprint density at radius 3 is 2.19 bits per heavy atom. The van der Waals surface area contributed by atoms with Gasteiger partial charge in [-0.15, -0.1) is 0 Å². The molecule has 0 spiro atoms. The summed E-state index contributed by atoms with van der Waals surface area (Å²) in [5.41, 5.74) is 4.27. The molecule has 0 fully saturated rings. The van der Waals surface area contributed by atoms with Crippen LogP contribution in [0.1, 0.15) is 21.5 Å². The Kier molecular flexibility index (Phi) is 5.39. The van der Waals surface area contributed by atoms with Crippen molar-refractivity contribution in [3.05, 3.63) is 89.5 Å². The summed E-state index contributed by atoms with van der Waals surface area (Å²) in [6, 6.07) is 21.3. The molecular formula is C21H20N2O3S. The molecule has 3 rings (SSSR count). The molecule has 6 heteroatoms. The maximum atomic E-state index is 12.6. The minimum absolute atomic E-state index is 0.0134. The lowest BCUT2D eigenvalue weighted by Crippen LogP contribution is -2.12. The molecule has 138 valence electrons. The van der Waals surface area contributed by atoms with E-state index in [0.717, 1.165) is 16.9 Å². The summed E-state index contributed by atoms with van der Waals surface area (Å²) < 4.78 is 22.7. The minimum atomic E-state index is -3.77. The number of nitrogens with two attached hydrogens (primary N) is 1. The van der Waals surface area contributed by atoms with Gasteiger partial charge in [0.15, 0.2) is 5.78 Å². The molecule has 0 atom stereocenters. The molecule has 0 saturated heterocycles. The van der Waals surface area contributed by atoms with Crippen LogP contribution in [0, 0.1) is 6.92 Å². The molecule has 0 heterocycles. The summed E-state index contributed by atoms with van der Waals surface area (Å²) >= 11 is 0. The molecule has 3 N–H and O–H groups in total. The van der Waals surface area contributed by atoms with E-state index in [-0.39, 0.29) is 17.1 Å². The van der Waals surface area contributed by atoms with Crippen molar-refractivity contribution in [3.8, 4) is 0 Å². The van der Waals surface area contributed by atoms with Crippen molar-refractivity contribution < 1.29 is 13.2 Å². The van der Waals surface area contributed by atoms with E-state index in [1.165, 1.54) is 29.8 Å². The van der Waals surface area contributed by atoms with Gasteiger partial charge in [-0.05, 0) is 42.8 Å². The van der Waals surface area contributed by atoms with Crippen LogP contribution in [0.25, 0.3) is 0 Å². The first-order valence-corrected chi connectivity index (χ1v) is 9.95. The molecule has 0 unspecified atom stereocenters. The second-order valence-corrected chi connectivity index (χ2v) is 7.88. The van der Waals surface area contributed by atoms with E-state index < -0.39 is 10.0 Å². The predicted octanol–water partition coefficient (Wildman–Crippen LogP) is 3.81. The molecule has 0 amide bonds. The van der Waals surface area contributed by atoms with Gasteiger partial charge in [0, 0.05) is 23.4 Å². The van der Waals surface area contributed by atoms with Crippen LogP contribution in [-0.4, -0.2) is 14.2 Å². The Balaban J connectivity index is 1.79. The van der Waals surface area contributed by atoms with E-state index in [1.54, 1.807) is 0 Å². The van der Waals surface area contributed by atoms with E-state index in [1.807, 2.05) is 55.5 Å². The number of para-hydroxylation sites is 1. The lowest BCUT2D eigenvalue weighted by Gasteiger charge is -2.12. The van der Waals surface area contributed by atoms with Gasteiger partial charge in [-0.3, -0.25) is 4.79 Å². The van der Waals surface area contributed by atoms with Gasteiger partial charge in [0.25, 0.3) is 0 Å². The van der Waals surface area contributed by atoms with Gasteiger partial charge in [0.05, 0.1) is 4.90 Å². The Labute approximate surface area is 158 Å². The smallest absolute Gasteiger partial charge is 0.238 e. The van der Waals surface area contributed by atoms with Crippen molar-refractivity contribution in [1.29, 1.82) is 0 Å². The molecule has 3 aromatic rings. The van der Waals surface area contributed by atoms with Crippen molar-refractivity contribution in [2.45, 2.75) is 18.2 Å². The fourth-order valence-corrected chi connectivity index (χ4v) is 3.21. The number of hydrogen-bond donors (Lipinski definition) is 2. The zero-order valence-electron chi connectivity index (χ0n) is 14.8. The number of benzene rings is 3. The lowest BCUT2D eigenvalue weighted by molar-refractivity contribution is 0.0993. The zero-order valence-corrected chi connectivity index (χ0v) is 15.7. The molecule has 5 nitrogen and oxygen atoms in total. The molecule has 3 aromatic carbocycles. The van der Waals surface area contributed by atoms with Crippen LogP contribution in [-0.2, 0) is 16.4 Å². The summed E-state index contributed by atoms with van der Waals surface area (Å²) in [5, 5.41) is 8.43. The highest BCUT2D eigenvalue weighted by Crippen LogP contribution is 2.23. The maximum Gasteiger partial charge on any atom is 0.238 e. The van der Waals surface area contributed by atoms with Crippen LogP contribution in [0.5, 0.6) is 0 Å². The number of carbonyl (C=O) groups is 1. The molecule has 27 heavy (non-hydrogen) atoms. The van der Waals surface area contributed by atoms with Gasteiger partial charge in [-0.2, -0.15) is 0 Å². The Hall–Kier alpha value is -2.96. The lowest BCUT2D eigenvalue weighted by atomic mass is 10.0. The van der Waals surface area contributed by atoms with Crippen LogP contribution >= 0.6 is 0 Å². The van der Waals surface area contributed by atoms with Crippen LogP contribution in [0.4, 0.5) is 11.4 Å². The van der Waals surface area contributed by atoms with Gasteiger partial charge in [-0.1, -0.05) is 48.0 Å². The number of primary sulfonamides is 1. The SMILES string of the molecule is Cc1ccc(Nc2ccccc2CC(=O)c2ccc(S(N)(=O)=O)cc2)cc1. The first-order chi connectivity index (χ1) is 12.8. The normalized spacial score (nSPS) is 11.2. The monoisotopic (exact) mass is 380 g/mol. The topological polar surface area (TPSA) is 89.3 Å². The van der Waals surface area contributed by atoms with Gasteiger partial charge < -0.3 is 5.32 Å². The summed E-state index contributed by atoms with van der Waals surface area (Å²) in [7, 11) is -3.77. The molecule has 0 radical (unpaired) electrons. The first kappa shape index (κ1) is 18.8. The number of aryl methyl sites for hydroxylation is 1. The third-order valence-corrected chi connectivity index (χ3v) is 5.13. The fraction of sp³-hybridized carbons (Fsp3) is 0.0952. The molecule has 0 bridgehead atoms. The Morgan fingerprint density at radius 2 is 1.56 bits per heavy atom. The van der Waals surface area contributed by atoms with Crippen molar-refractivity contribution >= 4 is 27.2 Å². The molecule has 0 aromatic heterocycles. The van der Waals surface area contributed by atoms with Crippen LogP contribution in [0.15, 0.2) is 77.7 Å². The number of rotatable bonds is 6. The number of anilines is 2. The van der Waals surface area contributed by atoms with Gasteiger partial charge in [0.2, 0.25) is 10.0 Å². The van der Waals surface area contributed by atoms with Crippen molar-refractivity contribution in [1.82, 2.24) is 0 Å². The van der Waals surface area contributed by atoms with E-state index in [9.17, 15) is 13.2 Å². The molecule has 0 aliphatic heterocycles. The molecular weight excluding hydrogens is 360 g/mol. The average Bonchev–Trinajstić information content (AvgIpc) is 2.64. The van der Waals surface area contributed by atoms with E-state index in [0.29, 0.717) is 5.56 Å². The van der Waals surface area contributed by atoms with Crippen molar-refractivity contribution in [2.24, 2.45) is 5.14 Å². The van der Waals surface area contributed by atoms with Crippen LogP contribution < -0.4 is 10.5 Å². The minimum Gasteiger partial charge on any atom is -0.355 e. The summed E-state index contributed by atoms with van der Waals surface area (Å²) in [4.78, 5) is 12.6. The molecule has 0 aliphatic rings. The maximum absolute atomic E-state index is 12.6. The Morgan fingerprint density at radius 1 is 0.926 bits per heavy atom. The second kappa shape index (κ2) is 7.73. The molecule has 0 saturated carbocycles. The fourth-order valence-electron chi connectivity index (χ4n) is 2.69. The first-order valence-electron chi connectivity index (χ1n) is 8.40. The summed E-state index contributed by atoms with van der Waals surface area (Å²) in [6.07, 6.45) is 0.198. The Bertz CT molecular complexity index is 1060. The largest absolute Gasteiger partial charge is 0.355 e. The third kappa shape index (κ3) is 4.81. The van der Waals surface area contributed by atoms with E-state index in [4.69, 9.17) is 5.14 Å². The van der Waals surface area contributed by atoms with Gasteiger partial charge in [-0.25, -0.2) is 13.6 Å². The number of carbonyl (C=O) groups excluding carboxylic acids is 1. The standard InChI is InChI=1S/C21H20N2O3S/c1-15-6-10-18(11-7-15)23-20-5-3-2-4-17(20)14-21(24)16-8-12-19(13-9-16)27(22,25)26/h2-13,23H,14H2,1H3,(H2,22,25,26). The van der Waals surface area contributed by atoms with Crippen molar-refractivity contribution in [2.75, 3.05) is 5.32 Å².